The maximum absolute atomic E-state index is 6.14. The minimum Gasteiger partial charge on any atom is -0.324 e. The van der Waals surface area contributed by atoms with E-state index in [-0.39, 0.29) is 0 Å². The summed E-state index contributed by atoms with van der Waals surface area (Å²) in [7, 11) is 0. The highest BCUT2D eigenvalue weighted by Gasteiger charge is 2.29. The number of rotatable bonds is 2. The van der Waals surface area contributed by atoms with Crippen LogP contribution in [0.4, 0.5) is 0 Å². The zero-order valence-electron chi connectivity index (χ0n) is 11.9. The van der Waals surface area contributed by atoms with E-state index in [1.165, 1.54) is 24.8 Å². The Bertz CT molecular complexity index is 622. The van der Waals surface area contributed by atoms with Crippen molar-refractivity contribution in [3.8, 4) is 0 Å². The second-order valence-electron chi connectivity index (χ2n) is 6.13. The minimum atomic E-state index is 0.477. The number of hydrogen-bond acceptors (Lipinski definition) is 1. The predicted octanol–water partition coefficient (Wildman–Crippen LogP) is 5.53. The first-order chi connectivity index (χ1) is 9.60. The van der Waals surface area contributed by atoms with E-state index in [1.54, 1.807) is 0 Å². The highest BCUT2D eigenvalue weighted by Crippen LogP contribution is 2.39. The lowest BCUT2D eigenvalue weighted by atomic mass is 9.79. The molecule has 108 valence electrons. The van der Waals surface area contributed by atoms with E-state index in [9.17, 15) is 0 Å². The van der Waals surface area contributed by atoms with Crippen molar-refractivity contribution in [1.82, 2.24) is 9.55 Å². The zero-order chi connectivity index (χ0) is 14.3. The summed E-state index contributed by atoms with van der Waals surface area (Å²) in [6.45, 7) is 4.72. The number of halogens is 2. The number of aromatic nitrogens is 2. The number of imidazole rings is 1. The van der Waals surface area contributed by atoms with Gasteiger partial charge in [-0.25, -0.2) is 4.98 Å². The molecule has 3 unspecified atom stereocenters. The van der Waals surface area contributed by atoms with E-state index in [0.29, 0.717) is 17.8 Å². The lowest BCUT2D eigenvalue weighted by molar-refractivity contribution is 0.209. The monoisotopic (exact) mass is 354 g/mol. The van der Waals surface area contributed by atoms with Gasteiger partial charge in [-0.05, 0) is 49.3 Å². The van der Waals surface area contributed by atoms with Gasteiger partial charge in [0, 0.05) is 10.5 Å². The molecule has 2 nitrogen and oxygen atoms in total. The molecule has 1 heterocycles. The standard InChI is InChI=1S/C16H20BrClN2/c1-10-3-6-14(11(2)7-10)20-15-8-12(17)4-5-13(15)19-16(20)9-18/h4-5,8,10-11,14H,3,6-7,9H2,1-2H3. The topological polar surface area (TPSA) is 17.8 Å². The van der Waals surface area contributed by atoms with Crippen LogP contribution < -0.4 is 0 Å². The Morgan fingerprint density at radius 2 is 2.15 bits per heavy atom. The largest absolute Gasteiger partial charge is 0.324 e. The van der Waals surface area contributed by atoms with Gasteiger partial charge in [0.05, 0.1) is 16.9 Å². The van der Waals surface area contributed by atoms with Crippen LogP contribution in [0.3, 0.4) is 0 Å². The molecule has 1 fully saturated rings. The fraction of sp³-hybridized carbons (Fsp3) is 0.562. The van der Waals surface area contributed by atoms with Crippen LogP contribution in [0, 0.1) is 11.8 Å². The summed E-state index contributed by atoms with van der Waals surface area (Å²) in [5.41, 5.74) is 2.26. The second-order valence-corrected chi connectivity index (χ2v) is 7.31. The molecule has 1 aromatic heterocycles. The molecule has 0 saturated heterocycles. The van der Waals surface area contributed by atoms with E-state index in [1.807, 2.05) is 6.07 Å². The molecule has 0 aliphatic heterocycles. The summed E-state index contributed by atoms with van der Waals surface area (Å²) >= 11 is 9.72. The summed E-state index contributed by atoms with van der Waals surface area (Å²) in [4.78, 5) is 4.71. The molecule has 0 amide bonds. The van der Waals surface area contributed by atoms with Gasteiger partial charge in [0.2, 0.25) is 0 Å². The average molecular weight is 356 g/mol. The highest BCUT2D eigenvalue weighted by molar-refractivity contribution is 9.10. The van der Waals surface area contributed by atoms with E-state index in [2.05, 4.69) is 46.5 Å². The number of fused-ring (bicyclic) bond motifs is 1. The van der Waals surface area contributed by atoms with Crippen LogP contribution in [0.1, 0.15) is 45.0 Å². The first-order valence-electron chi connectivity index (χ1n) is 7.32. The quantitative estimate of drug-likeness (QED) is 0.647. The van der Waals surface area contributed by atoms with E-state index in [0.717, 1.165) is 21.7 Å². The predicted molar refractivity (Wildman–Crippen MR) is 88.2 cm³/mol. The highest BCUT2D eigenvalue weighted by atomic mass is 79.9. The van der Waals surface area contributed by atoms with Crippen molar-refractivity contribution in [2.75, 3.05) is 0 Å². The van der Waals surface area contributed by atoms with Gasteiger partial charge in [0.25, 0.3) is 0 Å². The Balaban J connectivity index is 2.11. The smallest absolute Gasteiger partial charge is 0.125 e. The summed E-state index contributed by atoms with van der Waals surface area (Å²) in [5, 5.41) is 0. The van der Waals surface area contributed by atoms with Crippen molar-refractivity contribution in [2.45, 2.75) is 45.0 Å². The SMILES string of the molecule is CC1CCC(n2c(CCl)nc3ccc(Br)cc32)C(C)C1. The number of hydrogen-bond donors (Lipinski definition) is 0. The zero-order valence-corrected chi connectivity index (χ0v) is 14.3. The van der Waals surface area contributed by atoms with Crippen LogP contribution in [0.5, 0.6) is 0 Å². The van der Waals surface area contributed by atoms with Crippen molar-refractivity contribution in [1.29, 1.82) is 0 Å². The van der Waals surface area contributed by atoms with Crippen LogP contribution >= 0.6 is 27.5 Å². The van der Waals surface area contributed by atoms with E-state index >= 15 is 0 Å². The second kappa shape index (κ2) is 5.69. The van der Waals surface area contributed by atoms with Gasteiger partial charge >= 0.3 is 0 Å². The van der Waals surface area contributed by atoms with Crippen molar-refractivity contribution < 1.29 is 0 Å². The van der Waals surface area contributed by atoms with Crippen LogP contribution in [-0.2, 0) is 5.88 Å². The van der Waals surface area contributed by atoms with Gasteiger partial charge in [-0.2, -0.15) is 0 Å². The van der Waals surface area contributed by atoms with Crippen LogP contribution in [0.25, 0.3) is 11.0 Å². The maximum atomic E-state index is 6.14. The van der Waals surface area contributed by atoms with Gasteiger partial charge in [0.15, 0.2) is 0 Å². The molecule has 0 radical (unpaired) electrons. The number of alkyl halides is 1. The molecule has 1 aliphatic carbocycles. The first kappa shape index (κ1) is 14.4. The Morgan fingerprint density at radius 3 is 2.85 bits per heavy atom. The van der Waals surface area contributed by atoms with Crippen LogP contribution in [-0.4, -0.2) is 9.55 Å². The van der Waals surface area contributed by atoms with Gasteiger partial charge in [-0.15, -0.1) is 11.6 Å². The van der Waals surface area contributed by atoms with E-state index < -0.39 is 0 Å². The Labute approximate surface area is 133 Å². The fourth-order valence-corrected chi connectivity index (χ4v) is 4.15. The molecule has 0 bridgehead atoms. The van der Waals surface area contributed by atoms with Crippen molar-refractivity contribution >= 4 is 38.6 Å². The third-order valence-corrected chi connectivity index (χ3v) is 5.29. The number of benzene rings is 1. The molecule has 2 aromatic rings. The number of nitrogens with zero attached hydrogens (tertiary/aromatic N) is 2. The molecule has 0 N–H and O–H groups in total. The lowest BCUT2D eigenvalue weighted by Gasteiger charge is -2.34. The maximum Gasteiger partial charge on any atom is 0.125 e. The lowest BCUT2D eigenvalue weighted by Crippen LogP contribution is -2.25. The van der Waals surface area contributed by atoms with Crippen LogP contribution in [0.2, 0.25) is 0 Å². The Hall–Kier alpha value is -0.540. The Morgan fingerprint density at radius 1 is 1.35 bits per heavy atom. The molecular weight excluding hydrogens is 336 g/mol. The molecule has 3 rings (SSSR count). The van der Waals surface area contributed by atoms with Gasteiger partial charge < -0.3 is 4.57 Å². The summed E-state index contributed by atoms with van der Waals surface area (Å²) in [5.74, 6) is 3.00. The van der Waals surface area contributed by atoms with Crippen LogP contribution in [0.15, 0.2) is 22.7 Å². The normalized spacial score (nSPS) is 27.1. The molecule has 0 spiro atoms. The van der Waals surface area contributed by atoms with Crippen molar-refractivity contribution in [3.05, 3.63) is 28.5 Å². The summed E-state index contributed by atoms with van der Waals surface area (Å²) in [6, 6.07) is 6.81. The minimum absolute atomic E-state index is 0.477. The molecular formula is C16H20BrClN2. The Kier molecular flexibility index (Phi) is 4.09. The summed E-state index contributed by atoms with van der Waals surface area (Å²) < 4.78 is 3.49. The van der Waals surface area contributed by atoms with Crippen molar-refractivity contribution in [2.24, 2.45) is 11.8 Å². The van der Waals surface area contributed by atoms with Crippen molar-refractivity contribution in [3.63, 3.8) is 0 Å². The molecule has 1 aromatic carbocycles. The molecule has 20 heavy (non-hydrogen) atoms. The summed E-state index contributed by atoms with van der Waals surface area (Å²) in [6.07, 6.45) is 3.81. The molecule has 3 atom stereocenters. The first-order valence-corrected chi connectivity index (χ1v) is 8.65. The van der Waals surface area contributed by atoms with Gasteiger partial charge in [0.1, 0.15) is 5.82 Å². The van der Waals surface area contributed by atoms with Gasteiger partial charge in [-0.3, -0.25) is 0 Å². The average Bonchev–Trinajstić information content (AvgIpc) is 2.76. The molecule has 1 aliphatic rings. The molecule has 1 saturated carbocycles. The van der Waals surface area contributed by atoms with Gasteiger partial charge in [-0.1, -0.05) is 29.8 Å². The third-order valence-electron chi connectivity index (χ3n) is 4.56. The fourth-order valence-electron chi connectivity index (χ4n) is 3.61. The molecule has 4 heteroatoms. The third kappa shape index (κ3) is 2.50. The van der Waals surface area contributed by atoms with E-state index in [4.69, 9.17) is 16.6 Å².